The molecule has 0 saturated carbocycles. The van der Waals surface area contributed by atoms with E-state index in [1.165, 1.54) is 16.4 Å². The molecule has 0 atom stereocenters. The number of amides is 1. The molecule has 0 aliphatic carbocycles. The lowest BCUT2D eigenvalue weighted by molar-refractivity contribution is -0.385. The lowest BCUT2D eigenvalue weighted by Gasteiger charge is -1.99. The minimum atomic E-state index is -0.566. The Balaban J connectivity index is 1.70. The molecule has 0 bridgehead atoms. The molecule has 8 heteroatoms. The molecule has 0 saturated heterocycles. The lowest BCUT2D eigenvalue weighted by atomic mass is 10.1. The smallest absolute Gasteiger partial charge is 0.271 e. The number of aryl methyl sites for hydroxylation is 1. The molecule has 1 N–H and O–H groups in total. The molecular weight excluding hydrogens is 286 g/mol. The van der Waals surface area contributed by atoms with E-state index in [4.69, 9.17) is 0 Å². The van der Waals surface area contributed by atoms with Crippen molar-refractivity contribution in [3.63, 3.8) is 0 Å². The quantitative estimate of drug-likeness (QED) is 0.476. The molecule has 0 fully saturated rings. The average Bonchev–Trinajstić information content (AvgIpc) is 2.96. The van der Waals surface area contributed by atoms with Crippen molar-refractivity contribution in [1.82, 2.24) is 15.2 Å². The summed E-state index contributed by atoms with van der Waals surface area (Å²) in [5.74, 6) is -0.394. The number of nitrogens with one attached hydrogen (secondary N) is 1. The van der Waals surface area contributed by atoms with Crippen LogP contribution in [-0.4, -0.2) is 26.8 Å². The highest BCUT2D eigenvalue weighted by atomic mass is 16.6. The average molecular weight is 301 g/mol. The summed E-state index contributed by atoms with van der Waals surface area (Å²) in [6.45, 7) is -0.121. The highest BCUT2D eigenvalue weighted by Crippen LogP contribution is 2.07. The van der Waals surface area contributed by atoms with E-state index in [2.05, 4.69) is 15.6 Å². The van der Waals surface area contributed by atoms with Gasteiger partial charge in [0.25, 0.3) is 5.91 Å². The Morgan fingerprint density at radius 3 is 2.86 bits per heavy atom. The molecule has 0 spiro atoms. The number of nitro groups is 1. The third kappa shape index (κ3) is 4.82. The van der Waals surface area contributed by atoms with Gasteiger partial charge in [-0.3, -0.25) is 19.6 Å². The van der Waals surface area contributed by atoms with Crippen molar-refractivity contribution in [2.75, 3.05) is 0 Å². The summed E-state index contributed by atoms with van der Waals surface area (Å²) >= 11 is 0. The molecule has 114 valence electrons. The van der Waals surface area contributed by atoms with Gasteiger partial charge in [-0.15, -0.1) is 0 Å². The SMILES string of the molecule is O=C(Cn1cc([N+](=O)[O-])cn1)NN=CCCc1ccccc1. The van der Waals surface area contributed by atoms with E-state index in [0.717, 1.165) is 12.6 Å². The summed E-state index contributed by atoms with van der Waals surface area (Å²) < 4.78 is 1.19. The van der Waals surface area contributed by atoms with E-state index in [1.54, 1.807) is 6.21 Å². The molecule has 2 rings (SSSR count). The van der Waals surface area contributed by atoms with E-state index < -0.39 is 10.8 Å². The number of carbonyl (C=O) groups excluding carboxylic acids is 1. The fraction of sp³-hybridized carbons (Fsp3) is 0.214. The van der Waals surface area contributed by atoms with Gasteiger partial charge in [-0.2, -0.15) is 10.2 Å². The predicted octanol–water partition coefficient (Wildman–Crippen LogP) is 1.53. The zero-order chi connectivity index (χ0) is 15.8. The summed E-state index contributed by atoms with van der Waals surface area (Å²) in [6.07, 6.45) is 5.45. The van der Waals surface area contributed by atoms with Crippen molar-refractivity contribution in [1.29, 1.82) is 0 Å². The van der Waals surface area contributed by atoms with Crippen molar-refractivity contribution >= 4 is 17.8 Å². The predicted molar refractivity (Wildman–Crippen MR) is 80.3 cm³/mol. The van der Waals surface area contributed by atoms with Gasteiger partial charge in [-0.05, 0) is 18.4 Å². The molecule has 1 amide bonds. The summed E-state index contributed by atoms with van der Waals surface area (Å²) in [6, 6.07) is 9.94. The molecule has 0 radical (unpaired) electrons. The van der Waals surface area contributed by atoms with Crippen molar-refractivity contribution in [3.8, 4) is 0 Å². The van der Waals surface area contributed by atoms with Crippen molar-refractivity contribution < 1.29 is 9.72 Å². The number of nitrogens with zero attached hydrogens (tertiary/aromatic N) is 4. The van der Waals surface area contributed by atoms with Crippen LogP contribution >= 0.6 is 0 Å². The number of hydrogen-bond acceptors (Lipinski definition) is 5. The van der Waals surface area contributed by atoms with Gasteiger partial charge in [0.2, 0.25) is 0 Å². The Labute approximate surface area is 126 Å². The molecule has 1 aromatic heterocycles. The van der Waals surface area contributed by atoms with Gasteiger partial charge in [-0.25, -0.2) is 5.43 Å². The topological polar surface area (TPSA) is 102 Å². The number of rotatable bonds is 7. The zero-order valence-electron chi connectivity index (χ0n) is 11.8. The minimum absolute atomic E-state index is 0.121. The van der Waals surface area contributed by atoms with Crippen LogP contribution in [0.15, 0.2) is 47.8 Å². The van der Waals surface area contributed by atoms with E-state index >= 15 is 0 Å². The maximum absolute atomic E-state index is 11.6. The van der Waals surface area contributed by atoms with Crippen LogP contribution in [0.25, 0.3) is 0 Å². The van der Waals surface area contributed by atoms with E-state index in [-0.39, 0.29) is 12.2 Å². The van der Waals surface area contributed by atoms with Gasteiger partial charge >= 0.3 is 5.69 Å². The van der Waals surface area contributed by atoms with Gasteiger partial charge in [0, 0.05) is 6.21 Å². The summed E-state index contributed by atoms with van der Waals surface area (Å²) in [5.41, 5.74) is 3.40. The van der Waals surface area contributed by atoms with Gasteiger partial charge in [0.05, 0.1) is 4.92 Å². The number of benzene rings is 1. The van der Waals surface area contributed by atoms with E-state index in [9.17, 15) is 14.9 Å². The first-order valence-corrected chi connectivity index (χ1v) is 6.66. The second-order valence-corrected chi connectivity index (χ2v) is 4.52. The van der Waals surface area contributed by atoms with Crippen LogP contribution in [0, 0.1) is 10.1 Å². The molecule has 0 aliphatic rings. The number of carbonyl (C=O) groups is 1. The van der Waals surface area contributed by atoms with Crippen molar-refractivity contribution in [2.45, 2.75) is 19.4 Å². The second kappa shape index (κ2) is 7.67. The zero-order valence-corrected chi connectivity index (χ0v) is 11.8. The van der Waals surface area contributed by atoms with Crippen LogP contribution in [0.2, 0.25) is 0 Å². The first kappa shape index (κ1) is 15.4. The largest absolute Gasteiger partial charge is 0.307 e. The lowest BCUT2D eigenvalue weighted by Crippen LogP contribution is -2.23. The maximum Gasteiger partial charge on any atom is 0.307 e. The van der Waals surface area contributed by atoms with E-state index in [0.29, 0.717) is 6.42 Å². The maximum atomic E-state index is 11.6. The summed E-state index contributed by atoms with van der Waals surface area (Å²) in [4.78, 5) is 21.5. The fourth-order valence-electron chi connectivity index (χ4n) is 1.77. The minimum Gasteiger partial charge on any atom is -0.271 e. The molecule has 22 heavy (non-hydrogen) atoms. The van der Waals surface area contributed by atoms with Crippen LogP contribution in [0.1, 0.15) is 12.0 Å². The van der Waals surface area contributed by atoms with Crippen LogP contribution in [-0.2, 0) is 17.8 Å². The molecular formula is C14H15N5O3. The number of hydrogen-bond donors (Lipinski definition) is 1. The molecule has 1 aromatic carbocycles. The van der Waals surface area contributed by atoms with Crippen LogP contribution in [0.3, 0.4) is 0 Å². The number of hydrazone groups is 1. The van der Waals surface area contributed by atoms with Gasteiger partial charge in [-0.1, -0.05) is 30.3 Å². The molecule has 1 heterocycles. The molecule has 2 aromatic rings. The van der Waals surface area contributed by atoms with Gasteiger partial charge < -0.3 is 0 Å². The fourth-order valence-corrected chi connectivity index (χ4v) is 1.77. The van der Waals surface area contributed by atoms with Crippen LogP contribution < -0.4 is 5.43 Å². The Morgan fingerprint density at radius 2 is 2.18 bits per heavy atom. The highest BCUT2D eigenvalue weighted by molar-refractivity contribution is 5.76. The monoisotopic (exact) mass is 301 g/mol. The third-order valence-corrected chi connectivity index (χ3v) is 2.82. The molecule has 8 nitrogen and oxygen atoms in total. The Kier molecular flexibility index (Phi) is 5.36. The molecule has 0 unspecified atom stereocenters. The molecule has 0 aliphatic heterocycles. The summed E-state index contributed by atoms with van der Waals surface area (Å²) in [7, 11) is 0. The normalized spacial score (nSPS) is 10.7. The van der Waals surface area contributed by atoms with Crippen LogP contribution in [0.4, 0.5) is 5.69 Å². The third-order valence-electron chi connectivity index (χ3n) is 2.82. The van der Waals surface area contributed by atoms with E-state index in [1.807, 2.05) is 30.3 Å². The second-order valence-electron chi connectivity index (χ2n) is 4.52. The van der Waals surface area contributed by atoms with Gasteiger partial charge in [0.1, 0.15) is 18.9 Å². The Bertz CT molecular complexity index is 666. The standard InChI is InChI=1S/C14H15N5O3/c20-14(11-18-10-13(9-16-18)19(21)22)17-15-8-4-7-12-5-2-1-3-6-12/h1-3,5-6,8-10H,4,7,11H2,(H,17,20). The summed E-state index contributed by atoms with van der Waals surface area (Å²) in [5, 5.41) is 18.0. The van der Waals surface area contributed by atoms with Crippen molar-refractivity contribution in [2.24, 2.45) is 5.10 Å². The Morgan fingerprint density at radius 1 is 1.41 bits per heavy atom. The first-order chi connectivity index (χ1) is 10.6. The highest BCUT2D eigenvalue weighted by Gasteiger charge is 2.10. The van der Waals surface area contributed by atoms with Crippen molar-refractivity contribution in [3.05, 3.63) is 58.4 Å². The van der Waals surface area contributed by atoms with Gasteiger partial charge in [0.15, 0.2) is 0 Å². The first-order valence-electron chi connectivity index (χ1n) is 6.66. The van der Waals surface area contributed by atoms with Crippen LogP contribution in [0.5, 0.6) is 0 Å². The Hall–Kier alpha value is -3.03. The number of aromatic nitrogens is 2.